The third kappa shape index (κ3) is 8.89. The van der Waals surface area contributed by atoms with Crippen molar-refractivity contribution in [1.29, 1.82) is 0 Å². The summed E-state index contributed by atoms with van der Waals surface area (Å²) in [5.41, 5.74) is 16.4. The van der Waals surface area contributed by atoms with E-state index in [1.54, 1.807) is 0 Å². The van der Waals surface area contributed by atoms with Gasteiger partial charge < -0.3 is 4.43 Å². The molecule has 0 spiro atoms. The monoisotopic (exact) mass is 622 g/mol. The summed E-state index contributed by atoms with van der Waals surface area (Å²) in [7, 11) is 0.226. The second-order valence-corrected chi connectivity index (χ2v) is 16.7. The van der Waals surface area contributed by atoms with Crippen LogP contribution in [0.4, 0.5) is 0 Å². The SMILES string of the molecule is CC(C)c1cc(C(C)C)c(C(O[Si]/C=C(/c2ccccc2)C(C)(C)C)c2c(C(C)C)cc(C(C)C)cc2C(C)C)c(C(C)C)c1. The van der Waals surface area contributed by atoms with Crippen LogP contribution in [0.5, 0.6) is 0 Å². The summed E-state index contributed by atoms with van der Waals surface area (Å²) in [6, 6.07) is 20.8. The number of allylic oxidation sites excluding steroid dienone is 1. The molecular formula is C43H62OSi. The number of hydrogen-bond donors (Lipinski definition) is 0. The molecule has 0 amide bonds. The van der Waals surface area contributed by atoms with E-state index in [-0.39, 0.29) is 21.3 Å². The third-order valence-electron chi connectivity index (χ3n) is 9.16. The Labute approximate surface area is 280 Å². The van der Waals surface area contributed by atoms with Gasteiger partial charge in [0, 0.05) is 0 Å². The van der Waals surface area contributed by atoms with Gasteiger partial charge in [0.2, 0.25) is 0 Å². The van der Waals surface area contributed by atoms with Crippen LogP contribution >= 0.6 is 0 Å². The van der Waals surface area contributed by atoms with E-state index in [9.17, 15) is 0 Å². The van der Waals surface area contributed by atoms with Crippen molar-refractivity contribution in [2.75, 3.05) is 0 Å². The molecule has 0 heterocycles. The van der Waals surface area contributed by atoms with Crippen molar-refractivity contribution in [3.8, 4) is 0 Å². The van der Waals surface area contributed by atoms with Gasteiger partial charge in [-0.2, -0.15) is 0 Å². The Balaban J connectivity index is 2.43. The van der Waals surface area contributed by atoms with Crippen LogP contribution in [0, 0.1) is 5.41 Å². The van der Waals surface area contributed by atoms with E-state index >= 15 is 0 Å². The quantitative estimate of drug-likeness (QED) is 0.183. The molecule has 0 bridgehead atoms. The topological polar surface area (TPSA) is 9.23 Å². The Bertz CT molecular complexity index is 1300. The van der Waals surface area contributed by atoms with E-state index in [1.807, 2.05) is 0 Å². The second kappa shape index (κ2) is 15.4. The van der Waals surface area contributed by atoms with Crippen molar-refractivity contribution < 1.29 is 4.43 Å². The molecule has 0 N–H and O–H groups in total. The highest BCUT2D eigenvalue weighted by Gasteiger charge is 2.31. The van der Waals surface area contributed by atoms with Crippen molar-refractivity contribution in [2.45, 2.75) is 145 Å². The van der Waals surface area contributed by atoms with Gasteiger partial charge in [0.1, 0.15) is 0 Å². The molecule has 2 radical (unpaired) electrons. The van der Waals surface area contributed by atoms with Crippen molar-refractivity contribution >= 4 is 15.3 Å². The minimum atomic E-state index is -0.149. The van der Waals surface area contributed by atoms with Crippen LogP contribution in [0.1, 0.15) is 196 Å². The Morgan fingerprint density at radius 1 is 0.556 bits per heavy atom. The van der Waals surface area contributed by atoms with Gasteiger partial charge in [-0.3, -0.25) is 0 Å². The molecule has 1 nitrogen and oxygen atoms in total. The average molecular weight is 623 g/mol. The van der Waals surface area contributed by atoms with E-state index in [0.29, 0.717) is 35.5 Å². The van der Waals surface area contributed by atoms with Crippen LogP contribution in [0.2, 0.25) is 0 Å². The number of hydrogen-bond acceptors (Lipinski definition) is 1. The Morgan fingerprint density at radius 3 is 1.20 bits per heavy atom. The Hall–Kier alpha value is -2.42. The molecule has 0 fully saturated rings. The Kier molecular flexibility index (Phi) is 12.7. The molecule has 0 aliphatic carbocycles. The summed E-state index contributed by atoms with van der Waals surface area (Å²) in [4.78, 5) is 0. The largest absolute Gasteiger partial charge is 0.401 e. The normalized spacial score (nSPS) is 13.2. The first kappa shape index (κ1) is 37.0. The minimum Gasteiger partial charge on any atom is -0.401 e. The fraction of sp³-hybridized carbons (Fsp3) is 0.535. The number of benzene rings is 3. The van der Waals surface area contributed by atoms with Gasteiger partial charge in [-0.15, -0.1) is 0 Å². The molecule has 0 saturated heterocycles. The summed E-state index contributed by atoms with van der Waals surface area (Å²) in [5, 5.41) is 0. The van der Waals surface area contributed by atoms with Crippen LogP contribution in [0.3, 0.4) is 0 Å². The second-order valence-electron chi connectivity index (χ2n) is 15.9. The summed E-state index contributed by atoms with van der Waals surface area (Å²) < 4.78 is 7.38. The lowest BCUT2D eigenvalue weighted by Crippen LogP contribution is -2.21. The first-order chi connectivity index (χ1) is 20.9. The minimum absolute atomic E-state index is 0.00338. The van der Waals surface area contributed by atoms with E-state index in [2.05, 4.69) is 164 Å². The zero-order valence-corrected chi connectivity index (χ0v) is 32.2. The molecule has 0 aromatic heterocycles. The lowest BCUT2D eigenvalue weighted by Gasteiger charge is -2.33. The summed E-state index contributed by atoms with van der Waals surface area (Å²) in [6.07, 6.45) is -0.149. The average Bonchev–Trinajstić information content (AvgIpc) is 2.95. The highest BCUT2D eigenvalue weighted by molar-refractivity contribution is 6.36. The molecule has 0 atom stereocenters. The van der Waals surface area contributed by atoms with Crippen molar-refractivity contribution in [3.63, 3.8) is 0 Å². The highest BCUT2D eigenvalue weighted by Crippen LogP contribution is 2.45. The highest BCUT2D eigenvalue weighted by atomic mass is 28.2. The smallest absolute Gasteiger partial charge is 0.262 e. The molecule has 45 heavy (non-hydrogen) atoms. The van der Waals surface area contributed by atoms with Gasteiger partial charge in [-0.05, 0) is 96.6 Å². The maximum absolute atomic E-state index is 7.38. The van der Waals surface area contributed by atoms with Crippen LogP contribution in [0.15, 0.2) is 60.3 Å². The molecular weight excluding hydrogens is 561 g/mol. The Morgan fingerprint density at radius 2 is 0.911 bits per heavy atom. The van der Waals surface area contributed by atoms with Crippen molar-refractivity contribution in [3.05, 3.63) is 110 Å². The van der Waals surface area contributed by atoms with Gasteiger partial charge >= 0.3 is 0 Å². The summed E-state index contributed by atoms with van der Waals surface area (Å²) >= 11 is 0. The summed E-state index contributed by atoms with van der Waals surface area (Å²) in [6.45, 7) is 35.0. The van der Waals surface area contributed by atoms with Crippen molar-refractivity contribution in [2.24, 2.45) is 5.41 Å². The van der Waals surface area contributed by atoms with E-state index < -0.39 is 0 Å². The van der Waals surface area contributed by atoms with Crippen LogP contribution in [-0.2, 0) is 4.43 Å². The molecule has 0 aliphatic heterocycles. The standard InChI is InChI=1S/C43H62OSi/c1-26(2)33-21-35(28(5)6)40(36(22-33)29(7)8)42(44-45-25-39(43(13,14)15)32-19-17-16-18-20-32)41-37(30(9)10)23-34(27(3)4)24-38(41)31(11)12/h16-31,42H,1-15H3/b39-25-. The lowest BCUT2D eigenvalue weighted by atomic mass is 9.76. The maximum atomic E-state index is 7.38. The van der Waals surface area contributed by atoms with Crippen LogP contribution in [0.25, 0.3) is 5.57 Å². The first-order valence-electron chi connectivity index (χ1n) is 17.5. The van der Waals surface area contributed by atoms with Crippen molar-refractivity contribution in [1.82, 2.24) is 0 Å². The molecule has 3 rings (SSSR count). The maximum Gasteiger partial charge on any atom is 0.262 e. The van der Waals surface area contributed by atoms with Gasteiger partial charge in [-0.25, -0.2) is 0 Å². The molecule has 3 aromatic carbocycles. The predicted octanol–water partition coefficient (Wildman–Crippen LogP) is 13.2. The third-order valence-corrected chi connectivity index (χ3v) is 9.94. The fourth-order valence-corrected chi connectivity index (χ4v) is 7.56. The lowest BCUT2D eigenvalue weighted by molar-refractivity contribution is 0.258. The van der Waals surface area contributed by atoms with Gasteiger partial charge in [0.25, 0.3) is 9.76 Å². The van der Waals surface area contributed by atoms with Gasteiger partial charge in [-0.1, -0.05) is 164 Å². The van der Waals surface area contributed by atoms with Crippen LogP contribution in [-0.4, -0.2) is 9.76 Å². The first-order valence-corrected chi connectivity index (χ1v) is 18.5. The summed E-state index contributed by atoms with van der Waals surface area (Å²) in [5.74, 6) is 2.49. The van der Waals surface area contributed by atoms with Gasteiger partial charge in [0.05, 0.1) is 6.10 Å². The van der Waals surface area contributed by atoms with E-state index in [1.165, 1.54) is 55.6 Å². The fourth-order valence-electron chi connectivity index (χ4n) is 6.40. The molecule has 0 saturated carbocycles. The molecule has 244 valence electrons. The van der Waals surface area contributed by atoms with E-state index in [4.69, 9.17) is 4.43 Å². The van der Waals surface area contributed by atoms with E-state index in [0.717, 1.165) is 0 Å². The number of rotatable bonds is 12. The zero-order chi connectivity index (χ0) is 33.8. The zero-order valence-electron chi connectivity index (χ0n) is 31.2. The molecule has 0 unspecified atom stereocenters. The van der Waals surface area contributed by atoms with Gasteiger partial charge in [0.15, 0.2) is 0 Å². The van der Waals surface area contributed by atoms with Crippen LogP contribution < -0.4 is 0 Å². The predicted molar refractivity (Wildman–Crippen MR) is 200 cm³/mol. The molecule has 2 heteroatoms. The molecule has 0 aliphatic rings. The molecule has 3 aromatic rings.